The Hall–Kier alpha value is -5.26. The minimum Gasteiger partial charge on any atom is -0.398 e. The highest BCUT2D eigenvalue weighted by Gasteiger charge is 2.14. The van der Waals surface area contributed by atoms with Crippen molar-refractivity contribution < 1.29 is 0 Å². The maximum atomic E-state index is 6.75. The molecule has 49 heavy (non-hydrogen) atoms. The number of allylic oxidation sites excluding steroid dienone is 5. The van der Waals surface area contributed by atoms with Gasteiger partial charge in [0.2, 0.25) is 0 Å². The van der Waals surface area contributed by atoms with Crippen LogP contribution >= 0.6 is 22.6 Å². The number of hydrogen-bond acceptors (Lipinski definition) is 2. The molecule has 1 aliphatic carbocycles. The SMILES string of the molecule is N/C(=C\C(=NCI)C1=CC(c2cccc(-c3ccc4c5ccccc5c5ccccc5c4c3)c2)=CCC1)c1cccc(-c2ccccc2)c1. The molecule has 8 rings (SSSR count). The number of rotatable bonds is 7. The Kier molecular flexibility index (Phi) is 8.67. The molecule has 0 radical (unpaired) electrons. The number of fused-ring (bicyclic) bond motifs is 6. The third kappa shape index (κ3) is 6.23. The Balaban J connectivity index is 1.13. The van der Waals surface area contributed by atoms with Crippen molar-refractivity contribution in [2.24, 2.45) is 10.7 Å². The van der Waals surface area contributed by atoms with Crippen molar-refractivity contribution in [3.05, 3.63) is 181 Å². The van der Waals surface area contributed by atoms with Gasteiger partial charge < -0.3 is 5.73 Å². The molecule has 7 aromatic rings. The van der Waals surface area contributed by atoms with Crippen molar-refractivity contribution in [1.29, 1.82) is 0 Å². The highest BCUT2D eigenvalue weighted by atomic mass is 127. The standard InChI is InChI=1S/C46H35IN2/c47-30-49-46(29-45(48)37-17-9-13-32(26-37)31-11-2-1-3-12-31)38-18-10-16-35(27-38)33-14-8-15-34(25-33)36-23-24-43-41-21-5-4-19-39(41)40-20-6-7-22-42(40)44(43)28-36/h1-9,11-17,19-29H,10,18,30,48H2/b45-29-,49-46?. The minimum atomic E-state index is 0.665. The van der Waals surface area contributed by atoms with E-state index in [1.54, 1.807) is 0 Å². The molecule has 0 unspecified atom stereocenters. The van der Waals surface area contributed by atoms with Gasteiger partial charge in [-0.1, -0.05) is 156 Å². The number of hydrogen-bond donors (Lipinski definition) is 1. The van der Waals surface area contributed by atoms with Crippen LogP contribution in [-0.2, 0) is 0 Å². The predicted octanol–water partition coefficient (Wildman–Crippen LogP) is 12.4. The molecular formula is C46H35IN2. The molecule has 1 aliphatic rings. The van der Waals surface area contributed by atoms with E-state index in [0.717, 1.165) is 35.4 Å². The summed E-state index contributed by atoms with van der Waals surface area (Å²) in [4.78, 5) is 4.91. The molecule has 2 N–H and O–H groups in total. The zero-order valence-electron chi connectivity index (χ0n) is 27.1. The maximum Gasteiger partial charge on any atom is 0.0911 e. The van der Waals surface area contributed by atoms with Crippen molar-refractivity contribution in [1.82, 2.24) is 0 Å². The van der Waals surface area contributed by atoms with Crippen molar-refractivity contribution in [2.75, 3.05) is 4.55 Å². The summed E-state index contributed by atoms with van der Waals surface area (Å²) < 4.78 is 0.665. The lowest BCUT2D eigenvalue weighted by atomic mass is 9.89. The third-order valence-electron chi connectivity index (χ3n) is 9.54. The van der Waals surface area contributed by atoms with E-state index in [4.69, 9.17) is 10.7 Å². The van der Waals surface area contributed by atoms with Gasteiger partial charge in [-0.2, -0.15) is 0 Å². The second-order valence-corrected chi connectivity index (χ2v) is 13.2. The summed E-state index contributed by atoms with van der Waals surface area (Å²) in [6, 6.07) is 52.2. The number of halogens is 1. The van der Waals surface area contributed by atoms with Crippen LogP contribution in [0.1, 0.15) is 24.0 Å². The fourth-order valence-corrected chi connectivity index (χ4v) is 7.48. The van der Waals surface area contributed by atoms with Crippen LogP contribution in [0.4, 0.5) is 0 Å². The zero-order valence-corrected chi connectivity index (χ0v) is 29.3. The van der Waals surface area contributed by atoms with Crippen molar-refractivity contribution >= 4 is 71.9 Å². The average molecular weight is 743 g/mol. The maximum absolute atomic E-state index is 6.75. The Morgan fingerprint density at radius 1 is 0.571 bits per heavy atom. The van der Waals surface area contributed by atoms with Crippen LogP contribution in [0.25, 0.3) is 65.8 Å². The molecule has 0 fully saturated rings. The van der Waals surface area contributed by atoms with Crippen LogP contribution in [0.5, 0.6) is 0 Å². The predicted molar refractivity (Wildman–Crippen MR) is 220 cm³/mol. The fourth-order valence-electron chi connectivity index (χ4n) is 7.11. The van der Waals surface area contributed by atoms with E-state index in [0.29, 0.717) is 4.55 Å². The van der Waals surface area contributed by atoms with Gasteiger partial charge in [-0.25, -0.2) is 0 Å². The van der Waals surface area contributed by atoms with Gasteiger partial charge in [-0.05, 0) is 120 Å². The summed E-state index contributed by atoms with van der Waals surface area (Å²) in [7, 11) is 0. The zero-order chi connectivity index (χ0) is 33.2. The van der Waals surface area contributed by atoms with Gasteiger partial charge in [0.15, 0.2) is 0 Å². The van der Waals surface area contributed by atoms with Gasteiger partial charge in [-0.15, -0.1) is 0 Å². The number of nitrogens with two attached hydrogens (primary N) is 1. The Morgan fingerprint density at radius 3 is 1.86 bits per heavy atom. The van der Waals surface area contributed by atoms with Gasteiger partial charge in [0.1, 0.15) is 0 Å². The molecular weight excluding hydrogens is 707 g/mol. The lowest BCUT2D eigenvalue weighted by molar-refractivity contribution is 1.01. The van der Waals surface area contributed by atoms with Gasteiger partial charge in [0.05, 0.1) is 10.3 Å². The molecule has 0 atom stereocenters. The van der Waals surface area contributed by atoms with E-state index in [1.807, 2.05) is 6.07 Å². The first kappa shape index (κ1) is 31.0. The van der Waals surface area contributed by atoms with Crippen molar-refractivity contribution in [2.45, 2.75) is 12.8 Å². The minimum absolute atomic E-state index is 0.665. The van der Waals surface area contributed by atoms with Gasteiger partial charge in [0.25, 0.3) is 0 Å². The van der Waals surface area contributed by atoms with E-state index < -0.39 is 0 Å². The van der Waals surface area contributed by atoms with Crippen LogP contribution < -0.4 is 5.73 Å². The van der Waals surface area contributed by atoms with Crippen molar-refractivity contribution in [3.8, 4) is 22.3 Å². The smallest absolute Gasteiger partial charge is 0.0911 e. The molecule has 0 spiro atoms. The topological polar surface area (TPSA) is 38.4 Å². The number of aliphatic imine (C=N–C) groups is 1. The Morgan fingerprint density at radius 2 is 1.14 bits per heavy atom. The highest BCUT2D eigenvalue weighted by Crippen LogP contribution is 2.38. The summed E-state index contributed by atoms with van der Waals surface area (Å²) >= 11 is 2.32. The summed E-state index contributed by atoms with van der Waals surface area (Å²) in [5, 5.41) is 7.76. The normalized spacial score (nSPS) is 13.9. The first-order valence-electron chi connectivity index (χ1n) is 16.7. The first-order valence-corrected chi connectivity index (χ1v) is 18.3. The summed E-state index contributed by atoms with van der Waals surface area (Å²) in [6.07, 6.45) is 8.59. The molecule has 2 nitrogen and oxygen atoms in total. The van der Waals surface area contributed by atoms with E-state index in [9.17, 15) is 0 Å². The molecule has 0 amide bonds. The van der Waals surface area contributed by atoms with E-state index in [-0.39, 0.29) is 0 Å². The third-order valence-corrected chi connectivity index (χ3v) is 9.88. The van der Waals surface area contributed by atoms with Crippen LogP contribution in [0.15, 0.2) is 174 Å². The summed E-state index contributed by atoms with van der Waals surface area (Å²) in [5.41, 5.74) is 17.8. The quantitative estimate of drug-likeness (QED) is 0.0570. The molecule has 0 aliphatic heterocycles. The number of nitrogens with zero attached hydrogens (tertiary/aromatic N) is 1. The molecule has 0 saturated heterocycles. The lowest BCUT2D eigenvalue weighted by Crippen LogP contribution is -2.08. The molecule has 3 heteroatoms. The fraction of sp³-hybridized carbons (Fsp3) is 0.0652. The largest absolute Gasteiger partial charge is 0.398 e. The summed E-state index contributed by atoms with van der Waals surface area (Å²) in [6.45, 7) is 0. The van der Waals surface area contributed by atoms with Gasteiger partial charge in [0, 0.05) is 5.70 Å². The number of alkyl halides is 1. The second-order valence-electron chi connectivity index (χ2n) is 12.5. The highest BCUT2D eigenvalue weighted by molar-refractivity contribution is 14.1. The lowest BCUT2D eigenvalue weighted by Gasteiger charge is -2.16. The molecule has 7 aromatic carbocycles. The van der Waals surface area contributed by atoms with Gasteiger partial charge in [-0.3, -0.25) is 4.99 Å². The van der Waals surface area contributed by atoms with Crippen LogP contribution in [0.2, 0.25) is 0 Å². The molecule has 0 aromatic heterocycles. The van der Waals surface area contributed by atoms with E-state index in [1.165, 1.54) is 65.7 Å². The Labute approximate surface area is 301 Å². The molecule has 236 valence electrons. The van der Waals surface area contributed by atoms with Crippen molar-refractivity contribution in [3.63, 3.8) is 0 Å². The van der Waals surface area contributed by atoms with Gasteiger partial charge >= 0.3 is 0 Å². The average Bonchev–Trinajstić information content (AvgIpc) is 3.18. The van der Waals surface area contributed by atoms with E-state index in [2.05, 4.69) is 180 Å². The monoisotopic (exact) mass is 742 g/mol. The van der Waals surface area contributed by atoms with Crippen LogP contribution in [-0.4, -0.2) is 10.3 Å². The Bertz CT molecular complexity index is 2450. The van der Waals surface area contributed by atoms with Crippen LogP contribution in [0, 0.1) is 0 Å². The summed E-state index contributed by atoms with van der Waals surface area (Å²) in [5.74, 6) is 0. The molecule has 0 heterocycles. The van der Waals surface area contributed by atoms with Crippen LogP contribution in [0.3, 0.4) is 0 Å². The second kappa shape index (κ2) is 13.7. The molecule has 0 bridgehead atoms. The number of benzene rings is 7. The van der Waals surface area contributed by atoms with E-state index >= 15 is 0 Å². The first-order chi connectivity index (χ1) is 24.2. The molecule has 0 saturated carbocycles.